The third-order valence-electron chi connectivity index (χ3n) is 6.63. The number of ether oxygens (including phenoxy) is 1. The van der Waals surface area contributed by atoms with Crippen LogP contribution in [0.15, 0.2) is 71.3 Å². The van der Waals surface area contributed by atoms with Crippen molar-refractivity contribution in [3.05, 3.63) is 89.5 Å². The van der Waals surface area contributed by atoms with Gasteiger partial charge in [-0.25, -0.2) is 9.78 Å². The Bertz CT molecular complexity index is 1570. The van der Waals surface area contributed by atoms with E-state index in [0.717, 1.165) is 35.4 Å². The van der Waals surface area contributed by atoms with Gasteiger partial charge in [0.2, 0.25) is 5.91 Å². The van der Waals surface area contributed by atoms with Gasteiger partial charge in [-0.2, -0.15) is 0 Å². The summed E-state index contributed by atoms with van der Waals surface area (Å²) in [5, 5.41) is 3.43. The van der Waals surface area contributed by atoms with Crippen LogP contribution in [0.5, 0.6) is 0 Å². The van der Waals surface area contributed by atoms with Crippen molar-refractivity contribution in [1.29, 1.82) is 0 Å². The highest BCUT2D eigenvalue weighted by Crippen LogP contribution is 2.36. The molecule has 1 aliphatic carbocycles. The van der Waals surface area contributed by atoms with Crippen LogP contribution in [0.1, 0.15) is 40.2 Å². The lowest BCUT2D eigenvalue weighted by Crippen LogP contribution is -2.44. The normalized spacial score (nSPS) is 15.7. The van der Waals surface area contributed by atoms with E-state index >= 15 is 0 Å². The number of para-hydroxylation sites is 3. The van der Waals surface area contributed by atoms with Crippen LogP contribution in [0.25, 0.3) is 22.6 Å². The third kappa shape index (κ3) is 4.27. The number of carbonyl (C=O) groups excluding carboxylic acids is 3. The SMILES string of the molecule is O=C1CN(C(=O)COC(=O)c2c3c(nc4ccccc24)/C(=C\c2ccco2)CCC3)c2ccccc2N1. The van der Waals surface area contributed by atoms with Crippen LogP contribution in [0, 0.1) is 0 Å². The number of fused-ring (bicyclic) bond motifs is 3. The highest BCUT2D eigenvalue weighted by molar-refractivity contribution is 6.11. The van der Waals surface area contributed by atoms with Gasteiger partial charge in [-0.1, -0.05) is 30.3 Å². The number of hydrogen-bond donors (Lipinski definition) is 1. The fourth-order valence-electron chi connectivity index (χ4n) is 4.99. The number of aromatic nitrogens is 1. The molecule has 0 unspecified atom stereocenters. The lowest BCUT2D eigenvalue weighted by Gasteiger charge is -2.29. The summed E-state index contributed by atoms with van der Waals surface area (Å²) in [6.07, 6.45) is 5.90. The molecule has 2 amide bonds. The Balaban J connectivity index is 1.32. The first-order valence-electron chi connectivity index (χ1n) is 12.1. The van der Waals surface area contributed by atoms with E-state index in [1.807, 2.05) is 42.5 Å². The van der Waals surface area contributed by atoms with Crippen molar-refractivity contribution in [2.45, 2.75) is 19.3 Å². The van der Waals surface area contributed by atoms with Gasteiger partial charge in [0.25, 0.3) is 5.91 Å². The summed E-state index contributed by atoms with van der Waals surface area (Å²) in [6.45, 7) is -0.622. The Labute approximate surface area is 212 Å². The number of furan rings is 1. The Kier molecular flexibility index (Phi) is 5.76. The summed E-state index contributed by atoms with van der Waals surface area (Å²) < 4.78 is 11.1. The molecule has 8 nitrogen and oxygen atoms in total. The monoisotopic (exact) mass is 493 g/mol. The Hall–Kier alpha value is -4.72. The minimum atomic E-state index is -0.586. The van der Waals surface area contributed by atoms with Crippen molar-refractivity contribution in [1.82, 2.24) is 4.98 Å². The third-order valence-corrected chi connectivity index (χ3v) is 6.63. The number of benzene rings is 2. The van der Waals surface area contributed by atoms with E-state index in [2.05, 4.69) is 5.32 Å². The maximum atomic E-state index is 13.5. The molecule has 8 heteroatoms. The molecule has 0 saturated heterocycles. The fraction of sp³-hybridized carbons (Fsp3) is 0.172. The largest absolute Gasteiger partial charge is 0.465 e. The van der Waals surface area contributed by atoms with Gasteiger partial charge in [-0.3, -0.25) is 14.5 Å². The minimum absolute atomic E-state index is 0.137. The predicted molar refractivity (Wildman–Crippen MR) is 139 cm³/mol. The van der Waals surface area contributed by atoms with Gasteiger partial charge in [0, 0.05) is 5.39 Å². The Morgan fingerprint density at radius 2 is 1.89 bits per heavy atom. The number of amides is 2. The molecule has 2 aromatic carbocycles. The molecule has 0 fully saturated rings. The zero-order valence-corrected chi connectivity index (χ0v) is 19.9. The minimum Gasteiger partial charge on any atom is -0.465 e. The van der Waals surface area contributed by atoms with Crippen molar-refractivity contribution in [2.75, 3.05) is 23.4 Å². The standard InChI is InChI=1S/C29H23N3O5/c33-25-16-32(24-13-4-3-12-23(24)30-25)26(34)17-37-29(35)27-20-9-1-2-11-22(20)31-28-18(7-5-10-21(27)28)15-19-8-6-14-36-19/h1-4,6,8-9,11-15H,5,7,10,16-17H2,(H,30,33)/b18-15-. The summed E-state index contributed by atoms with van der Waals surface area (Å²) in [6, 6.07) is 18.2. The zero-order valence-electron chi connectivity index (χ0n) is 19.9. The molecule has 2 aliphatic rings. The van der Waals surface area contributed by atoms with E-state index < -0.39 is 18.5 Å². The predicted octanol–water partition coefficient (Wildman–Crippen LogP) is 4.85. The molecule has 0 atom stereocenters. The second-order valence-electron chi connectivity index (χ2n) is 8.99. The summed E-state index contributed by atoms with van der Waals surface area (Å²) >= 11 is 0. The molecule has 1 aliphatic heterocycles. The molecule has 3 heterocycles. The van der Waals surface area contributed by atoms with Crippen LogP contribution >= 0.6 is 0 Å². The van der Waals surface area contributed by atoms with E-state index in [9.17, 15) is 14.4 Å². The number of esters is 1. The van der Waals surface area contributed by atoms with Crippen LogP contribution in [-0.4, -0.2) is 35.9 Å². The van der Waals surface area contributed by atoms with Gasteiger partial charge in [-0.05, 0) is 66.8 Å². The lowest BCUT2D eigenvalue weighted by molar-refractivity contribution is -0.124. The maximum Gasteiger partial charge on any atom is 0.339 e. The van der Waals surface area contributed by atoms with E-state index in [0.29, 0.717) is 34.3 Å². The summed E-state index contributed by atoms with van der Waals surface area (Å²) in [5.74, 6) is -0.639. The summed E-state index contributed by atoms with van der Waals surface area (Å²) in [4.78, 5) is 44.9. The molecule has 37 heavy (non-hydrogen) atoms. The number of anilines is 2. The first kappa shape index (κ1) is 22.7. The summed E-state index contributed by atoms with van der Waals surface area (Å²) in [7, 11) is 0. The molecule has 4 aromatic rings. The number of pyridine rings is 1. The second kappa shape index (κ2) is 9.39. The Morgan fingerprint density at radius 3 is 2.76 bits per heavy atom. The van der Waals surface area contributed by atoms with Crippen LogP contribution in [0.4, 0.5) is 11.4 Å². The molecule has 0 radical (unpaired) electrons. The maximum absolute atomic E-state index is 13.5. The number of nitrogens with zero attached hydrogens (tertiary/aromatic N) is 2. The average Bonchev–Trinajstić information content (AvgIpc) is 3.43. The van der Waals surface area contributed by atoms with Gasteiger partial charge in [0.05, 0.1) is 34.4 Å². The smallest absolute Gasteiger partial charge is 0.339 e. The Morgan fingerprint density at radius 1 is 1.05 bits per heavy atom. The highest BCUT2D eigenvalue weighted by Gasteiger charge is 2.29. The number of carbonyl (C=O) groups is 3. The van der Waals surface area contributed by atoms with Gasteiger partial charge < -0.3 is 14.5 Å². The van der Waals surface area contributed by atoms with Crippen molar-refractivity contribution in [3.63, 3.8) is 0 Å². The number of hydrogen-bond acceptors (Lipinski definition) is 6. The van der Waals surface area contributed by atoms with Gasteiger partial charge >= 0.3 is 5.97 Å². The van der Waals surface area contributed by atoms with Crippen molar-refractivity contribution in [3.8, 4) is 0 Å². The molecule has 184 valence electrons. The van der Waals surface area contributed by atoms with Crippen molar-refractivity contribution in [2.24, 2.45) is 0 Å². The number of rotatable bonds is 4. The topological polar surface area (TPSA) is 102 Å². The van der Waals surface area contributed by atoms with Gasteiger partial charge in [0.1, 0.15) is 12.3 Å². The van der Waals surface area contributed by atoms with Crippen molar-refractivity contribution >= 4 is 51.7 Å². The van der Waals surface area contributed by atoms with Gasteiger partial charge in [-0.15, -0.1) is 0 Å². The first-order chi connectivity index (χ1) is 18.1. The summed E-state index contributed by atoms with van der Waals surface area (Å²) in [5.41, 5.74) is 4.77. The van der Waals surface area contributed by atoms with Crippen LogP contribution in [0.3, 0.4) is 0 Å². The van der Waals surface area contributed by atoms with E-state index in [4.69, 9.17) is 14.1 Å². The fourth-order valence-corrected chi connectivity index (χ4v) is 4.99. The number of nitrogens with one attached hydrogen (secondary N) is 1. The molecule has 0 saturated carbocycles. The van der Waals surface area contributed by atoms with Crippen molar-refractivity contribution < 1.29 is 23.5 Å². The lowest BCUT2D eigenvalue weighted by atomic mass is 9.86. The van der Waals surface area contributed by atoms with Crippen LogP contribution < -0.4 is 10.2 Å². The molecule has 6 rings (SSSR count). The van der Waals surface area contributed by atoms with E-state index in [1.165, 1.54) is 4.90 Å². The van der Waals surface area contributed by atoms with Crippen LogP contribution in [-0.2, 0) is 20.7 Å². The van der Waals surface area contributed by atoms with Gasteiger partial charge in [0.15, 0.2) is 6.61 Å². The average molecular weight is 494 g/mol. The molecule has 2 aromatic heterocycles. The molecule has 0 bridgehead atoms. The molecular weight excluding hydrogens is 470 g/mol. The quantitative estimate of drug-likeness (QED) is 0.408. The molecule has 0 spiro atoms. The van der Waals surface area contributed by atoms with Crippen LogP contribution in [0.2, 0.25) is 0 Å². The van der Waals surface area contributed by atoms with E-state index in [-0.39, 0.29) is 12.5 Å². The zero-order chi connectivity index (χ0) is 25.4. The molecule has 1 N–H and O–H groups in total. The van der Waals surface area contributed by atoms with E-state index in [1.54, 1.807) is 30.5 Å². The second-order valence-corrected chi connectivity index (χ2v) is 8.99. The number of allylic oxidation sites excluding steroid dienone is 1. The highest BCUT2D eigenvalue weighted by atomic mass is 16.5. The first-order valence-corrected chi connectivity index (χ1v) is 12.1. The molecular formula is C29H23N3O5.